The van der Waals surface area contributed by atoms with E-state index >= 15 is 0 Å². The van der Waals surface area contributed by atoms with Gasteiger partial charge in [-0.1, -0.05) is 18.2 Å². The minimum atomic E-state index is -0.156. The lowest BCUT2D eigenvalue weighted by molar-refractivity contribution is 0.269. The topological polar surface area (TPSA) is 57.8 Å². The number of thioether (sulfide) groups is 1. The molecule has 0 spiro atoms. The molecule has 0 saturated heterocycles. The molecule has 0 unspecified atom stereocenters. The molecule has 1 aromatic carbocycles. The fourth-order valence-electron chi connectivity index (χ4n) is 1.05. The number of aromatic amines is 1. The third-order valence-corrected chi connectivity index (χ3v) is 2.47. The van der Waals surface area contributed by atoms with Crippen molar-refractivity contribution in [3.63, 3.8) is 0 Å². The van der Waals surface area contributed by atoms with Gasteiger partial charge < -0.3 is 4.98 Å². The predicted octanol–water partition coefficient (Wildman–Crippen LogP) is 2.73. The van der Waals surface area contributed by atoms with Crippen molar-refractivity contribution in [2.45, 2.75) is 4.90 Å². The number of nitrogens with one attached hydrogen (secondary N) is 2. The Morgan fingerprint density at radius 2 is 2.13 bits per heavy atom. The molecule has 0 bridgehead atoms. The normalized spacial score (nSPS) is 9.87. The standard InChI is InChI=1S/C10H9N3OS/c14-10(13-9-11-6-7-12-9)15-8-4-2-1-3-5-8/h1-7H,(H2,11,12,13,14). The van der Waals surface area contributed by atoms with Crippen LogP contribution >= 0.6 is 11.8 Å². The van der Waals surface area contributed by atoms with E-state index in [2.05, 4.69) is 15.3 Å². The van der Waals surface area contributed by atoms with Gasteiger partial charge in [0.25, 0.3) is 5.24 Å². The summed E-state index contributed by atoms with van der Waals surface area (Å²) in [6, 6.07) is 9.46. The molecule has 2 rings (SSSR count). The quantitative estimate of drug-likeness (QED) is 0.763. The van der Waals surface area contributed by atoms with Crippen molar-refractivity contribution in [3.8, 4) is 0 Å². The molecule has 0 radical (unpaired) electrons. The summed E-state index contributed by atoms with van der Waals surface area (Å²) in [4.78, 5) is 19.1. The molecule has 2 N–H and O–H groups in total. The Morgan fingerprint density at radius 1 is 1.33 bits per heavy atom. The Bertz CT molecular complexity index is 427. The number of carbonyl (C=O) groups is 1. The first-order valence-corrected chi connectivity index (χ1v) is 5.19. The fraction of sp³-hybridized carbons (Fsp3) is 0. The van der Waals surface area contributed by atoms with Crippen LogP contribution < -0.4 is 5.32 Å². The molecule has 5 heteroatoms. The number of anilines is 1. The van der Waals surface area contributed by atoms with Crippen molar-refractivity contribution in [1.82, 2.24) is 9.97 Å². The fourth-order valence-corrected chi connectivity index (χ4v) is 1.71. The van der Waals surface area contributed by atoms with Crippen LogP contribution in [-0.4, -0.2) is 15.2 Å². The summed E-state index contributed by atoms with van der Waals surface area (Å²) in [5.74, 6) is 0.462. The van der Waals surface area contributed by atoms with Crippen molar-refractivity contribution >= 4 is 22.9 Å². The predicted molar refractivity (Wildman–Crippen MR) is 59.9 cm³/mol. The second-order valence-corrected chi connectivity index (χ2v) is 3.81. The highest BCUT2D eigenvalue weighted by atomic mass is 32.2. The van der Waals surface area contributed by atoms with Gasteiger partial charge >= 0.3 is 0 Å². The number of amides is 1. The van der Waals surface area contributed by atoms with Gasteiger partial charge in [-0.3, -0.25) is 10.1 Å². The van der Waals surface area contributed by atoms with Crippen LogP contribution in [0.25, 0.3) is 0 Å². The second-order valence-electron chi connectivity index (χ2n) is 2.77. The molecule has 4 nitrogen and oxygen atoms in total. The summed E-state index contributed by atoms with van der Waals surface area (Å²) >= 11 is 1.13. The van der Waals surface area contributed by atoms with Crippen LogP contribution in [0.2, 0.25) is 0 Å². The highest BCUT2D eigenvalue weighted by molar-refractivity contribution is 8.13. The van der Waals surface area contributed by atoms with E-state index in [1.165, 1.54) is 0 Å². The van der Waals surface area contributed by atoms with Crippen molar-refractivity contribution in [2.75, 3.05) is 5.32 Å². The lowest BCUT2D eigenvalue weighted by atomic mass is 10.4. The SMILES string of the molecule is O=C(Nc1ncc[nH]1)Sc1ccccc1. The number of nitrogens with zero attached hydrogens (tertiary/aromatic N) is 1. The zero-order valence-corrected chi connectivity index (χ0v) is 8.62. The van der Waals surface area contributed by atoms with Crippen molar-refractivity contribution < 1.29 is 4.79 Å². The van der Waals surface area contributed by atoms with Crippen molar-refractivity contribution in [2.24, 2.45) is 0 Å². The van der Waals surface area contributed by atoms with Gasteiger partial charge in [-0.05, 0) is 23.9 Å². The number of carbonyl (C=O) groups excluding carboxylic acids is 1. The van der Waals surface area contributed by atoms with Crippen LogP contribution in [-0.2, 0) is 0 Å². The smallest absolute Gasteiger partial charge is 0.290 e. The monoisotopic (exact) mass is 219 g/mol. The lowest BCUT2D eigenvalue weighted by Gasteiger charge is -2.00. The van der Waals surface area contributed by atoms with Gasteiger partial charge in [0.05, 0.1) is 0 Å². The molecule has 0 aliphatic heterocycles. The van der Waals surface area contributed by atoms with Crippen LogP contribution in [0.15, 0.2) is 47.6 Å². The molecule has 0 atom stereocenters. The van der Waals surface area contributed by atoms with E-state index in [1.807, 2.05) is 30.3 Å². The van der Waals surface area contributed by atoms with E-state index < -0.39 is 0 Å². The number of imidazole rings is 1. The van der Waals surface area contributed by atoms with E-state index in [0.29, 0.717) is 5.95 Å². The minimum absolute atomic E-state index is 0.156. The molecular weight excluding hydrogens is 210 g/mol. The van der Waals surface area contributed by atoms with E-state index in [0.717, 1.165) is 16.7 Å². The maximum Gasteiger partial charge on any atom is 0.290 e. The van der Waals surface area contributed by atoms with Gasteiger partial charge in [-0.15, -0.1) is 0 Å². The third kappa shape index (κ3) is 2.85. The third-order valence-electron chi connectivity index (χ3n) is 1.67. The highest BCUT2D eigenvalue weighted by Crippen LogP contribution is 2.18. The second kappa shape index (κ2) is 4.65. The Morgan fingerprint density at radius 3 is 2.80 bits per heavy atom. The maximum absolute atomic E-state index is 11.5. The van der Waals surface area contributed by atoms with Gasteiger partial charge in [0.1, 0.15) is 0 Å². The summed E-state index contributed by atoms with van der Waals surface area (Å²) in [7, 11) is 0. The van der Waals surface area contributed by atoms with Gasteiger partial charge in [0, 0.05) is 17.3 Å². The first-order chi connectivity index (χ1) is 7.34. The van der Waals surface area contributed by atoms with Crippen LogP contribution in [0.3, 0.4) is 0 Å². The Labute approximate surface area is 91.1 Å². The van der Waals surface area contributed by atoms with Gasteiger partial charge in [0.2, 0.25) is 5.95 Å². The van der Waals surface area contributed by atoms with Crippen LogP contribution in [0.5, 0.6) is 0 Å². The lowest BCUT2D eigenvalue weighted by Crippen LogP contribution is -2.05. The first kappa shape index (κ1) is 9.79. The largest absolute Gasteiger partial charge is 0.331 e. The van der Waals surface area contributed by atoms with E-state index in [9.17, 15) is 4.79 Å². The van der Waals surface area contributed by atoms with E-state index in [-0.39, 0.29) is 5.24 Å². The summed E-state index contributed by atoms with van der Waals surface area (Å²) < 4.78 is 0. The number of hydrogen-bond donors (Lipinski definition) is 2. The Kier molecular flexibility index (Phi) is 3.04. The highest BCUT2D eigenvalue weighted by Gasteiger charge is 2.05. The summed E-state index contributed by atoms with van der Waals surface area (Å²) in [6.07, 6.45) is 3.24. The first-order valence-electron chi connectivity index (χ1n) is 4.38. The van der Waals surface area contributed by atoms with E-state index in [1.54, 1.807) is 12.4 Å². The molecule has 76 valence electrons. The van der Waals surface area contributed by atoms with Crippen molar-refractivity contribution in [1.29, 1.82) is 0 Å². The molecular formula is C10H9N3OS. The van der Waals surface area contributed by atoms with Gasteiger partial charge in [-0.2, -0.15) is 0 Å². The Balaban J connectivity index is 1.94. The molecule has 0 aliphatic rings. The number of rotatable bonds is 2. The molecule has 15 heavy (non-hydrogen) atoms. The minimum Gasteiger partial charge on any atom is -0.331 e. The number of hydrogen-bond acceptors (Lipinski definition) is 3. The average molecular weight is 219 g/mol. The molecule has 1 aromatic heterocycles. The van der Waals surface area contributed by atoms with Crippen LogP contribution in [0.4, 0.5) is 10.7 Å². The van der Waals surface area contributed by atoms with Crippen molar-refractivity contribution in [3.05, 3.63) is 42.7 Å². The molecule has 1 amide bonds. The molecule has 2 aromatic rings. The maximum atomic E-state index is 11.5. The molecule has 0 fully saturated rings. The molecule has 0 saturated carbocycles. The molecule has 0 aliphatic carbocycles. The zero-order chi connectivity index (χ0) is 10.5. The number of H-pyrrole nitrogens is 1. The summed E-state index contributed by atoms with van der Waals surface area (Å²) in [5.41, 5.74) is 0. The summed E-state index contributed by atoms with van der Waals surface area (Å²) in [5, 5.41) is 2.47. The Hall–Kier alpha value is -1.75. The summed E-state index contributed by atoms with van der Waals surface area (Å²) in [6.45, 7) is 0. The van der Waals surface area contributed by atoms with Crippen LogP contribution in [0, 0.1) is 0 Å². The van der Waals surface area contributed by atoms with Gasteiger partial charge in [0.15, 0.2) is 0 Å². The molecule has 1 heterocycles. The van der Waals surface area contributed by atoms with Gasteiger partial charge in [-0.25, -0.2) is 4.98 Å². The van der Waals surface area contributed by atoms with Crippen LogP contribution in [0.1, 0.15) is 0 Å². The number of aromatic nitrogens is 2. The zero-order valence-electron chi connectivity index (χ0n) is 7.81. The average Bonchev–Trinajstić information content (AvgIpc) is 2.71. The van der Waals surface area contributed by atoms with E-state index in [4.69, 9.17) is 0 Å². The number of benzene rings is 1.